The largest absolute Gasteiger partial charge is 0.383 e. The molecule has 1 unspecified atom stereocenters. The minimum atomic E-state index is 0.138. The number of carbonyl (C=O) groups excluding carboxylic acids is 1. The fraction of sp³-hybridized carbons (Fsp3) is 0.696. The van der Waals surface area contributed by atoms with Crippen LogP contribution in [0.15, 0.2) is 18.2 Å². The second-order valence-corrected chi connectivity index (χ2v) is 8.54. The molecule has 2 fully saturated rings. The van der Waals surface area contributed by atoms with Gasteiger partial charge in [-0.25, -0.2) is 0 Å². The molecule has 0 aromatic heterocycles. The summed E-state index contributed by atoms with van der Waals surface area (Å²) in [5.74, 6) is 0.341. The van der Waals surface area contributed by atoms with E-state index in [2.05, 4.69) is 47.2 Å². The van der Waals surface area contributed by atoms with E-state index in [4.69, 9.17) is 4.74 Å². The fourth-order valence-electron chi connectivity index (χ4n) is 4.58. The Balaban J connectivity index is 1.45. The summed E-state index contributed by atoms with van der Waals surface area (Å²) in [6.07, 6.45) is 4.57. The van der Waals surface area contributed by atoms with Gasteiger partial charge in [-0.2, -0.15) is 0 Å². The predicted molar refractivity (Wildman–Crippen MR) is 113 cm³/mol. The summed E-state index contributed by atoms with van der Waals surface area (Å²) in [5.41, 5.74) is 4.18. The SMILES string of the molecule is COCCNC(=O)C1CCCN(C2CCN(Cc3ccc(C)c(C)c3)CC2)C1. The first-order valence-corrected chi connectivity index (χ1v) is 10.9. The molecule has 0 spiro atoms. The summed E-state index contributed by atoms with van der Waals surface area (Å²) in [6.45, 7) is 11.0. The van der Waals surface area contributed by atoms with Gasteiger partial charge in [0.05, 0.1) is 12.5 Å². The third kappa shape index (κ3) is 5.79. The van der Waals surface area contributed by atoms with E-state index in [0.29, 0.717) is 19.2 Å². The molecule has 3 rings (SSSR count). The van der Waals surface area contributed by atoms with Gasteiger partial charge in [0.15, 0.2) is 0 Å². The monoisotopic (exact) mass is 387 g/mol. The second-order valence-electron chi connectivity index (χ2n) is 8.54. The third-order valence-corrected chi connectivity index (χ3v) is 6.48. The first kappa shape index (κ1) is 21.3. The molecular weight excluding hydrogens is 350 g/mol. The molecule has 156 valence electrons. The molecule has 1 aromatic carbocycles. The number of methoxy groups -OCH3 is 1. The number of ether oxygens (including phenoxy) is 1. The van der Waals surface area contributed by atoms with Crippen molar-refractivity contribution in [2.24, 2.45) is 5.92 Å². The van der Waals surface area contributed by atoms with Gasteiger partial charge in [-0.3, -0.25) is 14.6 Å². The van der Waals surface area contributed by atoms with Crippen molar-refractivity contribution in [3.05, 3.63) is 34.9 Å². The minimum Gasteiger partial charge on any atom is -0.383 e. The summed E-state index contributed by atoms with van der Waals surface area (Å²) in [7, 11) is 1.67. The Morgan fingerprint density at radius 1 is 1.14 bits per heavy atom. The maximum atomic E-state index is 12.4. The third-order valence-electron chi connectivity index (χ3n) is 6.48. The zero-order valence-electron chi connectivity index (χ0n) is 17.9. The number of benzene rings is 1. The Labute approximate surface area is 170 Å². The van der Waals surface area contributed by atoms with Gasteiger partial charge in [0.2, 0.25) is 5.91 Å². The molecule has 2 saturated heterocycles. The van der Waals surface area contributed by atoms with E-state index in [0.717, 1.165) is 45.6 Å². The van der Waals surface area contributed by atoms with E-state index < -0.39 is 0 Å². The number of amides is 1. The number of aryl methyl sites for hydroxylation is 2. The lowest BCUT2D eigenvalue weighted by Gasteiger charge is -2.42. The van der Waals surface area contributed by atoms with Gasteiger partial charge in [-0.05, 0) is 75.9 Å². The van der Waals surface area contributed by atoms with E-state index in [1.165, 1.54) is 29.5 Å². The van der Waals surface area contributed by atoms with E-state index in [-0.39, 0.29) is 11.8 Å². The van der Waals surface area contributed by atoms with Crippen molar-refractivity contribution in [2.75, 3.05) is 46.4 Å². The van der Waals surface area contributed by atoms with Crippen LogP contribution in [0.5, 0.6) is 0 Å². The van der Waals surface area contributed by atoms with Crippen LogP contribution in [-0.2, 0) is 16.1 Å². The Kier molecular flexibility index (Phi) is 7.89. The zero-order valence-corrected chi connectivity index (χ0v) is 17.9. The number of piperidine rings is 2. The number of hydrogen-bond donors (Lipinski definition) is 1. The van der Waals surface area contributed by atoms with Crippen LogP contribution in [0.4, 0.5) is 0 Å². The Morgan fingerprint density at radius 3 is 2.64 bits per heavy atom. The number of hydrogen-bond acceptors (Lipinski definition) is 4. The van der Waals surface area contributed by atoms with Crippen molar-refractivity contribution in [1.29, 1.82) is 0 Å². The highest BCUT2D eigenvalue weighted by Gasteiger charge is 2.31. The quantitative estimate of drug-likeness (QED) is 0.731. The fourth-order valence-corrected chi connectivity index (χ4v) is 4.58. The minimum absolute atomic E-state index is 0.138. The smallest absolute Gasteiger partial charge is 0.224 e. The van der Waals surface area contributed by atoms with Crippen LogP contribution in [0.25, 0.3) is 0 Å². The first-order chi connectivity index (χ1) is 13.6. The molecule has 0 radical (unpaired) electrons. The molecule has 5 nitrogen and oxygen atoms in total. The number of likely N-dealkylation sites (tertiary alicyclic amines) is 2. The second kappa shape index (κ2) is 10.4. The standard InChI is InChI=1S/C23H37N3O2/c1-18-6-7-20(15-19(18)2)16-25-12-8-22(9-13-25)26-11-4-5-21(17-26)23(27)24-10-14-28-3/h6-7,15,21-22H,4-5,8-14,16-17H2,1-3H3,(H,24,27). The Morgan fingerprint density at radius 2 is 1.93 bits per heavy atom. The Hall–Kier alpha value is -1.43. The van der Waals surface area contributed by atoms with Crippen molar-refractivity contribution in [1.82, 2.24) is 15.1 Å². The normalized spacial score (nSPS) is 22.3. The van der Waals surface area contributed by atoms with Crippen molar-refractivity contribution in [3.8, 4) is 0 Å². The van der Waals surface area contributed by atoms with Gasteiger partial charge in [0.25, 0.3) is 0 Å². The van der Waals surface area contributed by atoms with Crippen LogP contribution in [0.2, 0.25) is 0 Å². The van der Waals surface area contributed by atoms with Crippen LogP contribution in [0, 0.1) is 19.8 Å². The molecule has 1 N–H and O–H groups in total. The highest BCUT2D eigenvalue weighted by atomic mass is 16.5. The van der Waals surface area contributed by atoms with E-state index in [9.17, 15) is 4.79 Å². The number of nitrogens with zero attached hydrogens (tertiary/aromatic N) is 2. The molecule has 2 aliphatic heterocycles. The Bertz CT molecular complexity index is 641. The molecule has 1 amide bonds. The topological polar surface area (TPSA) is 44.8 Å². The maximum Gasteiger partial charge on any atom is 0.224 e. The van der Waals surface area contributed by atoms with Gasteiger partial charge in [-0.15, -0.1) is 0 Å². The molecule has 0 aliphatic carbocycles. The average Bonchev–Trinajstić information content (AvgIpc) is 2.71. The summed E-state index contributed by atoms with van der Waals surface area (Å²) in [5, 5.41) is 3.02. The lowest BCUT2D eigenvalue weighted by Crippen LogP contribution is -2.50. The number of rotatable bonds is 7. The van der Waals surface area contributed by atoms with E-state index in [1.54, 1.807) is 7.11 Å². The molecular formula is C23H37N3O2. The molecule has 1 atom stereocenters. The van der Waals surface area contributed by atoms with Gasteiger partial charge in [0.1, 0.15) is 0 Å². The van der Waals surface area contributed by atoms with E-state index >= 15 is 0 Å². The average molecular weight is 388 g/mol. The van der Waals surface area contributed by atoms with Crippen LogP contribution in [0.3, 0.4) is 0 Å². The van der Waals surface area contributed by atoms with Crippen LogP contribution in [-0.4, -0.2) is 68.2 Å². The number of nitrogens with one attached hydrogen (secondary N) is 1. The summed E-state index contributed by atoms with van der Waals surface area (Å²) in [6, 6.07) is 7.47. The molecule has 0 bridgehead atoms. The highest BCUT2D eigenvalue weighted by Crippen LogP contribution is 2.25. The predicted octanol–water partition coefficient (Wildman–Crippen LogP) is 2.74. The van der Waals surface area contributed by atoms with Gasteiger partial charge >= 0.3 is 0 Å². The summed E-state index contributed by atoms with van der Waals surface area (Å²) in [4.78, 5) is 17.6. The maximum absolute atomic E-state index is 12.4. The first-order valence-electron chi connectivity index (χ1n) is 10.9. The van der Waals surface area contributed by atoms with Crippen molar-refractivity contribution in [2.45, 2.75) is 52.1 Å². The lowest BCUT2D eigenvalue weighted by atomic mass is 9.93. The molecule has 28 heavy (non-hydrogen) atoms. The molecule has 5 heteroatoms. The van der Waals surface area contributed by atoms with E-state index in [1.807, 2.05) is 0 Å². The molecule has 2 heterocycles. The molecule has 0 saturated carbocycles. The summed E-state index contributed by atoms with van der Waals surface area (Å²) >= 11 is 0. The molecule has 2 aliphatic rings. The van der Waals surface area contributed by atoms with Crippen molar-refractivity contribution < 1.29 is 9.53 Å². The zero-order chi connectivity index (χ0) is 19.9. The van der Waals surface area contributed by atoms with Crippen LogP contribution in [0.1, 0.15) is 42.4 Å². The lowest BCUT2D eigenvalue weighted by molar-refractivity contribution is -0.127. The van der Waals surface area contributed by atoms with Gasteiger partial charge in [-0.1, -0.05) is 18.2 Å². The summed E-state index contributed by atoms with van der Waals surface area (Å²) < 4.78 is 5.03. The van der Waals surface area contributed by atoms with Gasteiger partial charge < -0.3 is 10.1 Å². The van der Waals surface area contributed by atoms with Crippen LogP contribution < -0.4 is 5.32 Å². The van der Waals surface area contributed by atoms with Crippen molar-refractivity contribution >= 4 is 5.91 Å². The number of carbonyl (C=O) groups is 1. The molecule has 1 aromatic rings. The highest BCUT2D eigenvalue weighted by molar-refractivity contribution is 5.78. The van der Waals surface area contributed by atoms with Crippen molar-refractivity contribution in [3.63, 3.8) is 0 Å². The van der Waals surface area contributed by atoms with Crippen LogP contribution >= 0.6 is 0 Å². The van der Waals surface area contributed by atoms with Gasteiger partial charge in [0, 0.05) is 32.8 Å².